The standard InChI is InChI=1S/C20H23FN4O3/c1-13(2)19(27)23-8-10-24(11-9-23)20(28)18-17(26)12-14(3)25(22-18)16-7-5-4-6-15(16)21/h4-7,12-13H,8-11H2,1-3H3. The first kappa shape index (κ1) is 19.7. The van der Waals surface area contributed by atoms with Gasteiger partial charge in [0.05, 0.1) is 0 Å². The maximum atomic E-state index is 14.2. The lowest BCUT2D eigenvalue weighted by Gasteiger charge is -2.35. The summed E-state index contributed by atoms with van der Waals surface area (Å²) in [5, 5.41) is 4.15. The Morgan fingerprint density at radius 3 is 2.29 bits per heavy atom. The van der Waals surface area contributed by atoms with Crippen LogP contribution < -0.4 is 5.43 Å². The van der Waals surface area contributed by atoms with Gasteiger partial charge in [-0.2, -0.15) is 5.10 Å². The van der Waals surface area contributed by atoms with E-state index in [1.54, 1.807) is 24.0 Å². The lowest BCUT2D eigenvalue weighted by molar-refractivity contribution is -0.135. The lowest BCUT2D eigenvalue weighted by atomic mass is 10.1. The van der Waals surface area contributed by atoms with E-state index < -0.39 is 17.2 Å². The van der Waals surface area contributed by atoms with E-state index in [-0.39, 0.29) is 23.2 Å². The number of aromatic nitrogens is 2. The Hall–Kier alpha value is -3.03. The first-order valence-electron chi connectivity index (χ1n) is 9.23. The second-order valence-corrected chi connectivity index (χ2v) is 7.13. The predicted octanol–water partition coefficient (Wildman–Crippen LogP) is 1.62. The lowest BCUT2D eigenvalue weighted by Crippen LogP contribution is -2.52. The van der Waals surface area contributed by atoms with Crippen molar-refractivity contribution in [2.75, 3.05) is 26.2 Å². The Morgan fingerprint density at radius 1 is 1.07 bits per heavy atom. The summed E-state index contributed by atoms with van der Waals surface area (Å²) >= 11 is 0. The van der Waals surface area contributed by atoms with Crippen molar-refractivity contribution in [2.45, 2.75) is 20.8 Å². The summed E-state index contributed by atoms with van der Waals surface area (Å²) < 4.78 is 15.4. The van der Waals surface area contributed by atoms with Gasteiger partial charge < -0.3 is 9.80 Å². The van der Waals surface area contributed by atoms with Crippen LogP contribution in [0.1, 0.15) is 30.0 Å². The highest BCUT2D eigenvalue weighted by atomic mass is 19.1. The average molecular weight is 386 g/mol. The summed E-state index contributed by atoms with van der Waals surface area (Å²) in [6, 6.07) is 7.32. The molecule has 1 aliphatic rings. The van der Waals surface area contributed by atoms with E-state index in [0.717, 1.165) is 0 Å². The van der Waals surface area contributed by atoms with Gasteiger partial charge in [0.25, 0.3) is 5.91 Å². The number of rotatable bonds is 3. The molecule has 2 heterocycles. The number of hydrogen-bond acceptors (Lipinski definition) is 4. The molecule has 1 saturated heterocycles. The average Bonchev–Trinajstić information content (AvgIpc) is 2.68. The van der Waals surface area contributed by atoms with Crippen LogP contribution in [0.4, 0.5) is 4.39 Å². The van der Waals surface area contributed by atoms with Gasteiger partial charge in [0.15, 0.2) is 5.69 Å². The first-order valence-corrected chi connectivity index (χ1v) is 9.23. The third-order valence-corrected chi connectivity index (χ3v) is 4.76. The normalized spacial score (nSPS) is 14.5. The smallest absolute Gasteiger partial charge is 0.278 e. The minimum absolute atomic E-state index is 0.0440. The SMILES string of the molecule is Cc1cc(=O)c(C(=O)N2CCN(C(=O)C(C)C)CC2)nn1-c1ccccc1F. The van der Waals surface area contributed by atoms with E-state index in [9.17, 15) is 18.8 Å². The van der Waals surface area contributed by atoms with Crippen LogP contribution in [0.5, 0.6) is 0 Å². The van der Waals surface area contributed by atoms with Gasteiger partial charge >= 0.3 is 0 Å². The van der Waals surface area contributed by atoms with E-state index >= 15 is 0 Å². The molecule has 28 heavy (non-hydrogen) atoms. The van der Waals surface area contributed by atoms with Crippen molar-refractivity contribution in [1.29, 1.82) is 0 Å². The monoisotopic (exact) mass is 386 g/mol. The Bertz CT molecular complexity index is 962. The van der Waals surface area contributed by atoms with Gasteiger partial charge in [0, 0.05) is 43.9 Å². The zero-order chi connectivity index (χ0) is 20.4. The van der Waals surface area contributed by atoms with E-state index in [0.29, 0.717) is 31.9 Å². The summed E-state index contributed by atoms with van der Waals surface area (Å²) in [5.74, 6) is -1.07. The summed E-state index contributed by atoms with van der Waals surface area (Å²) in [5.41, 5.74) is -0.159. The van der Waals surface area contributed by atoms with Crippen LogP contribution in [-0.4, -0.2) is 57.6 Å². The maximum Gasteiger partial charge on any atom is 0.278 e. The van der Waals surface area contributed by atoms with Crippen molar-refractivity contribution in [3.05, 3.63) is 57.8 Å². The summed E-state index contributed by atoms with van der Waals surface area (Å²) in [7, 11) is 0. The van der Waals surface area contributed by atoms with Crippen molar-refractivity contribution in [2.24, 2.45) is 5.92 Å². The van der Waals surface area contributed by atoms with Crippen LogP contribution in [0.25, 0.3) is 5.69 Å². The third kappa shape index (κ3) is 3.81. The fourth-order valence-electron chi connectivity index (χ4n) is 3.21. The van der Waals surface area contributed by atoms with E-state index in [4.69, 9.17) is 0 Å². The van der Waals surface area contributed by atoms with Crippen LogP contribution in [-0.2, 0) is 4.79 Å². The molecule has 0 saturated carbocycles. The second-order valence-electron chi connectivity index (χ2n) is 7.13. The third-order valence-electron chi connectivity index (χ3n) is 4.76. The molecular formula is C20H23FN4O3. The minimum atomic E-state index is -0.508. The Kier molecular flexibility index (Phi) is 5.58. The minimum Gasteiger partial charge on any atom is -0.339 e. The van der Waals surface area contributed by atoms with Gasteiger partial charge in [-0.05, 0) is 19.1 Å². The van der Waals surface area contributed by atoms with Crippen molar-refractivity contribution < 1.29 is 14.0 Å². The largest absolute Gasteiger partial charge is 0.339 e. The molecule has 0 atom stereocenters. The van der Waals surface area contributed by atoms with Crippen LogP contribution in [0.2, 0.25) is 0 Å². The molecule has 0 unspecified atom stereocenters. The zero-order valence-corrected chi connectivity index (χ0v) is 16.2. The topological polar surface area (TPSA) is 75.5 Å². The highest BCUT2D eigenvalue weighted by Crippen LogP contribution is 2.14. The molecular weight excluding hydrogens is 363 g/mol. The number of hydrogen-bond donors (Lipinski definition) is 0. The molecule has 1 aromatic carbocycles. The first-order chi connectivity index (χ1) is 13.3. The Morgan fingerprint density at radius 2 is 1.68 bits per heavy atom. The number of aryl methyl sites for hydroxylation is 1. The molecule has 0 radical (unpaired) electrons. The van der Waals surface area contributed by atoms with Crippen molar-refractivity contribution in [1.82, 2.24) is 19.6 Å². The number of halogens is 1. The molecule has 0 aliphatic carbocycles. The Labute approximate surface area is 162 Å². The molecule has 7 nitrogen and oxygen atoms in total. The molecule has 0 N–H and O–H groups in total. The highest BCUT2D eigenvalue weighted by molar-refractivity contribution is 5.92. The zero-order valence-electron chi connectivity index (χ0n) is 16.2. The second kappa shape index (κ2) is 7.92. The summed E-state index contributed by atoms with van der Waals surface area (Å²) in [6.07, 6.45) is 0. The van der Waals surface area contributed by atoms with Gasteiger partial charge in [0.1, 0.15) is 11.5 Å². The van der Waals surface area contributed by atoms with Crippen molar-refractivity contribution in [3.63, 3.8) is 0 Å². The molecule has 1 aromatic heterocycles. The maximum absolute atomic E-state index is 14.2. The number of carbonyl (C=O) groups excluding carboxylic acids is 2. The fourth-order valence-corrected chi connectivity index (χ4v) is 3.21. The number of carbonyl (C=O) groups is 2. The number of nitrogens with zero attached hydrogens (tertiary/aromatic N) is 4. The number of para-hydroxylation sites is 1. The molecule has 8 heteroatoms. The quantitative estimate of drug-likeness (QED) is 0.803. The Balaban J connectivity index is 1.85. The van der Waals surface area contributed by atoms with Crippen LogP contribution in [0.15, 0.2) is 35.1 Å². The highest BCUT2D eigenvalue weighted by Gasteiger charge is 2.28. The summed E-state index contributed by atoms with van der Waals surface area (Å²) in [6.45, 7) is 6.78. The number of amides is 2. The number of benzene rings is 1. The van der Waals surface area contributed by atoms with E-state index in [1.807, 2.05) is 13.8 Å². The van der Waals surface area contributed by atoms with E-state index in [2.05, 4.69) is 5.10 Å². The molecule has 2 aromatic rings. The molecule has 148 valence electrons. The molecule has 3 rings (SSSR count). The van der Waals surface area contributed by atoms with Gasteiger partial charge in [-0.15, -0.1) is 0 Å². The van der Waals surface area contributed by atoms with Gasteiger partial charge in [-0.3, -0.25) is 14.4 Å². The molecule has 0 spiro atoms. The van der Waals surface area contributed by atoms with Crippen LogP contribution >= 0.6 is 0 Å². The van der Waals surface area contributed by atoms with Gasteiger partial charge in [-0.1, -0.05) is 26.0 Å². The molecule has 2 amide bonds. The summed E-state index contributed by atoms with van der Waals surface area (Å²) in [4.78, 5) is 40.6. The molecule has 0 bridgehead atoms. The van der Waals surface area contributed by atoms with Gasteiger partial charge in [0.2, 0.25) is 11.3 Å². The van der Waals surface area contributed by atoms with Crippen LogP contribution in [0.3, 0.4) is 0 Å². The van der Waals surface area contributed by atoms with Crippen molar-refractivity contribution in [3.8, 4) is 5.69 Å². The van der Waals surface area contributed by atoms with E-state index in [1.165, 1.54) is 27.8 Å². The van der Waals surface area contributed by atoms with Gasteiger partial charge in [-0.25, -0.2) is 9.07 Å². The van der Waals surface area contributed by atoms with Crippen molar-refractivity contribution >= 4 is 11.8 Å². The fraction of sp³-hybridized carbons (Fsp3) is 0.400. The predicted molar refractivity (Wildman–Crippen MR) is 102 cm³/mol. The molecule has 1 aliphatic heterocycles. The van der Waals surface area contributed by atoms with Crippen LogP contribution in [0, 0.1) is 18.7 Å². The molecule has 1 fully saturated rings. The number of piperazine rings is 1.